The summed E-state index contributed by atoms with van der Waals surface area (Å²) in [7, 11) is 0. The maximum absolute atomic E-state index is 6.29. The fourth-order valence-electron chi connectivity index (χ4n) is 2.22. The Morgan fingerprint density at radius 1 is 1.29 bits per heavy atom. The number of hydrogen-bond acceptors (Lipinski definition) is 2. The van der Waals surface area contributed by atoms with Crippen LogP contribution in [0, 0.1) is 11.8 Å². The summed E-state index contributed by atoms with van der Waals surface area (Å²) in [5.74, 6) is 2.39. The van der Waals surface area contributed by atoms with Crippen LogP contribution in [0.15, 0.2) is 24.3 Å². The highest BCUT2D eigenvalue weighted by atomic mass is 16.5. The van der Waals surface area contributed by atoms with Crippen molar-refractivity contribution in [1.82, 2.24) is 0 Å². The molecule has 1 aromatic rings. The normalized spacial score (nSPS) is 18.8. The molecular formula is C15H23NO. The Hall–Kier alpha value is -1.02. The average Bonchev–Trinajstić information content (AvgIpc) is 3.19. The molecule has 1 aromatic carbocycles. The van der Waals surface area contributed by atoms with Gasteiger partial charge in [0.1, 0.15) is 5.75 Å². The van der Waals surface area contributed by atoms with Crippen LogP contribution in [0.2, 0.25) is 0 Å². The first-order chi connectivity index (χ1) is 8.22. The van der Waals surface area contributed by atoms with Crippen molar-refractivity contribution in [2.24, 2.45) is 17.6 Å². The Kier molecular flexibility index (Phi) is 4.06. The van der Waals surface area contributed by atoms with Crippen LogP contribution in [0.5, 0.6) is 5.75 Å². The van der Waals surface area contributed by atoms with Crippen molar-refractivity contribution in [2.75, 3.05) is 6.61 Å². The third kappa shape index (κ3) is 3.22. The van der Waals surface area contributed by atoms with E-state index >= 15 is 0 Å². The third-order valence-corrected chi connectivity index (χ3v) is 3.67. The highest BCUT2D eigenvalue weighted by Gasteiger charge is 2.32. The standard InChI is InChI=1S/C15H23NO/c1-3-10-17-14-8-6-13(7-9-14)15(16)11(2)12-4-5-12/h6-9,11-12,15H,3-5,10,16H2,1-2H3. The van der Waals surface area contributed by atoms with Gasteiger partial charge in [-0.15, -0.1) is 0 Å². The van der Waals surface area contributed by atoms with E-state index in [1.165, 1.54) is 18.4 Å². The Morgan fingerprint density at radius 2 is 1.94 bits per heavy atom. The molecule has 2 nitrogen and oxygen atoms in total. The van der Waals surface area contributed by atoms with Gasteiger partial charge in [-0.25, -0.2) is 0 Å². The van der Waals surface area contributed by atoms with Gasteiger partial charge in [0.25, 0.3) is 0 Å². The molecule has 2 heteroatoms. The second-order valence-corrected chi connectivity index (χ2v) is 5.14. The zero-order valence-electron chi connectivity index (χ0n) is 10.9. The molecule has 0 aromatic heterocycles. The molecule has 0 heterocycles. The minimum atomic E-state index is 0.169. The summed E-state index contributed by atoms with van der Waals surface area (Å²) in [4.78, 5) is 0. The third-order valence-electron chi connectivity index (χ3n) is 3.67. The van der Waals surface area contributed by atoms with Crippen molar-refractivity contribution in [2.45, 2.75) is 39.2 Å². The molecule has 1 fully saturated rings. The summed E-state index contributed by atoms with van der Waals surface area (Å²) in [6.07, 6.45) is 3.75. The predicted octanol–water partition coefficient (Wildman–Crippen LogP) is 3.52. The fraction of sp³-hybridized carbons (Fsp3) is 0.600. The van der Waals surface area contributed by atoms with Gasteiger partial charge in [-0.05, 0) is 48.8 Å². The van der Waals surface area contributed by atoms with E-state index in [2.05, 4.69) is 26.0 Å². The van der Waals surface area contributed by atoms with E-state index in [1.54, 1.807) is 0 Å². The maximum atomic E-state index is 6.29. The van der Waals surface area contributed by atoms with E-state index < -0.39 is 0 Å². The first kappa shape index (κ1) is 12.4. The number of benzene rings is 1. The van der Waals surface area contributed by atoms with Crippen molar-refractivity contribution >= 4 is 0 Å². The molecule has 0 bridgehead atoms. The van der Waals surface area contributed by atoms with Crippen LogP contribution >= 0.6 is 0 Å². The molecule has 94 valence electrons. The molecule has 2 unspecified atom stereocenters. The molecule has 0 amide bonds. The Bertz CT molecular complexity index is 342. The van der Waals surface area contributed by atoms with Crippen molar-refractivity contribution in [3.63, 3.8) is 0 Å². The summed E-state index contributed by atoms with van der Waals surface area (Å²) in [5.41, 5.74) is 7.52. The summed E-state index contributed by atoms with van der Waals surface area (Å²) < 4.78 is 5.57. The van der Waals surface area contributed by atoms with Gasteiger partial charge < -0.3 is 10.5 Å². The van der Waals surface area contributed by atoms with Gasteiger partial charge in [-0.2, -0.15) is 0 Å². The van der Waals surface area contributed by atoms with Gasteiger partial charge in [-0.3, -0.25) is 0 Å². The fourth-order valence-corrected chi connectivity index (χ4v) is 2.22. The highest BCUT2D eigenvalue weighted by Crippen LogP contribution is 2.41. The van der Waals surface area contributed by atoms with Gasteiger partial charge in [0.05, 0.1) is 6.61 Å². The minimum Gasteiger partial charge on any atom is -0.494 e. The first-order valence-corrected chi connectivity index (χ1v) is 6.70. The van der Waals surface area contributed by atoms with Crippen LogP contribution < -0.4 is 10.5 Å². The summed E-state index contributed by atoms with van der Waals surface area (Å²) in [6, 6.07) is 8.45. The Morgan fingerprint density at radius 3 is 2.47 bits per heavy atom. The lowest BCUT2D eigenvalue weighted by molar-refractivity contribution is 0.317. The van der Waals surface area contributed by atoms with Crippen LogP contribution in [0.1, 0.15) is 44.7 Å². The van der Waals surface area contributed by atoms with Gasteiger partial charge in [0, 0.05) is 6.04 Å². The molecule has 2 N–H and O–H groups in total. The molecule has 2 atom stereocenters. The Balaban J connectivity index is 1.96. The quantitative estimate of drug-likeness (QED) is 0.816. The largest absolute Gasteiger partial charge is 0.494 e. The second kappa shape index (κ2) is 5.54. The average molecular weight is 233 g/mol. The van der Waals surface area contributed by atoms with Crippen LogP contribution in [0.3, 0.4) is 0 Å². The van der Waals surface area contributed by atoms with Crippen molar-refractivity contribution in [1.29, 1.82) is 0 Å². The van der Waals surface area contributed by atoms with Crippen molar-refractivity contribution < 1.29 is 4.74 Å². The molecule has 1 aliphatic carbocycles. The first-order valence-electron chi connectivity index (χ1n) is 6.70. The van der Waals surface area contributed by atoms with Crippen LogP contribution in [0.4, 0.5) is 0 Å². The van der Waals surface area contributed by atoms with E-state index in [4.69, 9.17) is 10.5 Å². The monoisotopic (exact) mass is 233 g/mol. The van der Waals surface area contributed by atoms with E-state index in [0.717, 1.165) is 24.7 Å². The molecule has 1 aliphatic rings. The topological polar surface area (TPSA) is 35.2 Å². The number of hydrogen-bond donors (Lipinski definition) is 1. The second-order valence-electron chi connectivity index (χ2n) is 5.14. The predicted molar refractivity (Wildman–Crippen MR) is 71.0 cm³/mol. The zero-order chi connectivity index (χ0) is 12.3. The smallest absolute Gasteiger partial charge is 0.119 e. The van der Waals surface area contributed by atoms with Gasteiger partial charge in [0.15, 0.2) is 0 Å². The van der Waals surface area contributed by atoms with E-state index in [1.807, 2.05) is 12.1 Å². The zero-order valence-corrected chi connectivity index (χ0v) is 10.9. The van der Waals surface area contributed by atoms with E-state index in [9.17, 15) is 0 Å². The number of nitrogens with two attached hydrogens (primary N) is 1. The van der Waals surface area contributed by atoms with Gasteiger partial charge in [0.2, 0.25) is 0 Å². The van der Waals surface area contributed by atoms with Gasteiger partial charge in [-0.1, -0.05) is 26.0 Å². The molecule has 17 heavy (non-hydrogen) atoms. The lowest BCUT2D eigenvalue weighted by Crippen LogP contribution is -2.20. The van der Waals surface area contributed by atoms with Crippen LogP contribution in [0.25, 0.3) is 0 Å². The molecular weight excluding hydrogens is 210 g/mol. The molecule has 0 spiro atoms. The van der Waals surface area contributed by atoms with Crippen LogP contribution in [-0.2, 0) is 0 Å². The lowest BCUT2D eigenvalue weighted by Gasteiger charge is -2.20. The van der Waals surface area contributed by atoms with E-state index in [0.29, 0.717) is 5.92 Å². The molecule has 1 saturated carbocycles. The maximum Gasteiger partial charge on any atom is 0.119 e. The summed E-state index contributed by atoms with van der Waals surface area (Å²) >= 11 is 0. The summed E-state index contributed by atoms with van der Waals surface area (Å²) in [6.45, 7) is 5.16. The number of rotatable bonds is 6. The minimum absolute atomic E-state index is 0.169. The molecule has 2 rings (SSSR count). The highest BCUT2D eigenvalue weighted by molar-refractivity contribution is 5.29. The van der Waals surface area contributed by atoms with E-state index in [-0.39, 0.29) is 6.04 Å². The molecule has 0 saturated heterocycles. The van der Waals surface area contributed by atoms with Crippen molar-refractivity contribution in [3.8, 4) is 5.75 Å². The molecule has 0 radical (unpaired) electrons. The lowest BCUT2D eigenvalue weighted by atomic mass is 9.91. The van der Waals surface area contributed by atoms with Gasteiger partial charge >= 0.3 is 0 Å². The SMILES string of the molecule is CCCOc1ccc(C(N)C(C)C2CC2)cc1. The molecule has 0 aliphatic heterocycles. The summed E-state index contributed by atoms with van der Waals surface area (Å²) in [5, 5.41) is 0. The Labute approximate surface area is 104 Å². The van der Waals surface area contributed by atoms with Crippen LogP contribution in [-0.4, -0.2) is 6.61 Å². The van der Waals surface area contributed by atoms with Crippen molar-refractivity contribution in [3.05, 3.63) is 29.8 Å². The number of ether oxygens (including phenoxy) is 1.